The largest absolute Gasteiger partial charge is 0.465 e. The average Bonchev–Trinajstić information content (AvgIpc) is 1.87. The molecule has 0 aromatic heterocycles. The molecule has 3 heteroatoms. The fourth-order valence-electron chi connectivity index (χ4n) is 0.535. The molecule has 0 unspecified atom stereocenters. The summed E-state index contributed by atoms with van der Waals surface area (Å²) in [6, 6.07) is 0. The highest BCUT2D eigenvalue weighted by Gasteiger charge is 2.01. The van der Waals surface area contributed by atoms with Crippen molar-refractivity contribution < 1.29 is 14.3 Å². The molecule has 0 aliphatic heterocycles. The molecule has 64 valence electrons. The van der Waals surface area contributed by atoms with Crippen LogP contribution in [0.4, 0.5) is 0 Å². The van der Waals surface area contributed by atoms with Crippen molar-refractivity contribution in [2.75, 3.05) is 6.61 Å². The zero-order chi connectivity index (χ0) is 8.69. The summed E-state index contributed by atoms with van der Waals surface area (Å²) in [5.74, 6) is 0.0969. The summed E-state index contributed by atoms with van der Waals surface area (Å²) in [6.07, 6.45) is 1.28. The molecule has 0 N–H and O–H groups in total. The second-order valence-corrected chi connectivity index (χ2v) is 2.77. The Morgan fingerprint density at radius 1 is 1.55 bits per heavy atom. The van der Waals surface area contributed by atoms with Crippen LogP contribution < -0.4 is 0 Å². The molecule has 0 spiro atoms. The molecule has 0 bridgehead atoms. The fraction of sp³-hybridized carbons (Fsp3) is 0.750. The van der Waals surface area contributed by atoms with Gasteiger partial charge in [0.15, 0.2) is 0 Å². The van der Waals surface area contributed by atoms with Crippen LogP contribution in [0.15, 0.2) is 0 Å². The van der Waals surface area contributed by atoms with Crippen LogP contribution in [0.5, 0.6) is 0 Å². The molecule has 0 aliphatic rings. The van der Waals surface area contributed by atoms with Crippen LogP contribution in [-0.4, -0.2) is 18.9 Å². The Morgan fingerprint density at radius 2 is 2.18 bits per heavy atom. The van der Waals surface area contributed by atoms with Gasteiger partial charge < -0.3 is 9.53 Å². The van der Waals surface area contributed by atoms with Crippen molar-refractivity contribution in [1.29, 1.82) is 0 Å². The molecule has 3 nitrogen and oxygen atoms in total. The van der Waals surface area contributed by atoms with Crippen molar-refractivity contribution in [3.05, 3.63) is 0 Å². The fourth-order valence-corrected chi connectivity index (χ4v) is 0.535. The highest BCUT2D eigenvalue weighted by atomic mass is 16.5. The first-order valence-corrected chi connectivity index (χ1v) is 3.76. The van der Waals surface area contributed by atoms with Gasteiger partial charge in [-0.3, -0.25) is 4.79 Å². The van der Waals surface area contributed by atoms with Crippen LogP contribution in [-0.2, 0) is 14.3 Å². The van der Waals surface area contributed by atoms with Gasteiger partial charge in [-0.25, -0.2) is 0 Å². The minimum Gasteiger partial charge on any atom is -0.465 e. The van der Waals surface area contributed by atoms with Crippen molar-refractivity contribution in [1.82, 2.24) is 0 Å². The first-order valence-electron chi connectivity index (χ1n) is 3.76. The number of carbonyl (C=O) groups excluding carboxylic acids is 2. The highest BCUT2D eigenvalue weighted by molar-refractivity contribution is 5.83. The molecular weight excluding hydrogens is 144 g/mol. The van der Waals surface area contributed by atoms with Gasteiger partial charge in [0.05, 0.1) is 6.61 Å². The van der Waals surface area contributed by atoms with Crippen LogP contribution in [0.3, 0.4) is 0 Å². The van der Waals surface area contributed by atoms with Gasteiger partial charge >= 0.3 is 5.97 Å². The van der Waals surface area contributed by atoms with Gasteiger partial charge in [0.2, 0.25) is 0 Å². The zero-order valence-corrected chi connectivity index (χ0v) is 7.00. The summed E-state index contributed by atoms with van der Waals surface area (Å²) >= 11 is 0. The third kappa shape index (κ3) is 7.03. The normalized spacial score (nSPS) is 9.73. The number of rotatable bonds is 5. The van der Waals surface area contributed by atoms with Gasteiger partial charge in [0.1, 0.15) is 12.7 Å². The van der Waals surface area contributed by atoms with E-state index in [9.17, 15) is 9.59 Å². The number of hydrogen-bond donors (Lipinski definition) is 0. The molecule has 0 saturated heterocycles. The lowest BCUT2D eigenvalue weighted by atomic mass is 10.1. The molecule has 0 amide bonds. The van der Waals surface area contributed by atoms with E-state index in [0.29, 0.717) is 18.8 Å². The van der Waals surface area contributed by atoms with Crippen molar-refractivity contribution in [3.8, 4) is 0 Å². The first kappa shape index (κ1) is 10.1. The lowest BCUT2D eigenvalue weighted by Crippen LogP contribution is -2.07. The number of aldehydes is 1. The summed E-state index contributed by atoms with van der Waals surface area (Å²) in [4.78, 5) is 20.4. The highest BCUT2D eigenvalue weighted by Crippen LogP contribution is 1.99. The van der Waals surface area contributed by atoms with Crippen molar-refractivity contribution in [2.45, 2.75) is 26.7 Å². The van der Waals surface area contributed by atoms with E-state index >= 15 is 0 Å². The Morgan fingerprint density at radius 3 is 2.64 bits per heavy atom. The number of ether oxygens (including phenoxy) is 1. The van der Waals surface area contributed by atoms with Crippen LogP contribution in [0.2, 0.25) is 0 Å². The topological polar surface area (TPSA) is 43.4 Å². The van der Waals surface area contributed by atoms with E-state index in [1.165, 1.54) is 0 Å². The molecule has 0 aromatic rings. The predicted octanol–water partition coefficient (Wildman–Crippen LogP) is 1.16. The molecule has 0 aliphatic carbocycles. The van der Waals surface area contributed by atoms with E-state index in [-0.39, 0.29) is 6.42 Å². The summed E-state index contributed by atoms with van der Waals surface area (Å²) in [7, 11) is 0. The zero-order valence-electron chi connectivity index (χ0n) is 7.00. The maximum absolute atomic E-state index is 10.6. The summed E-state index contributed by atoms with van der Waals surface area (Å²) < 4.78 is 4.72. The Hall–Kier alpha value is -0.860. The number of hydrogen-bond acceptors (Lipinski definition) is 3. The van der Waals surface area contributed by atoms with E-state index in [1.807, 2.05) is 13.8 Å². The van der Waals surface area contributed by atoms with Gasteiger partial charge in [-0.05, 0) is 12.3 Å². The van der Waals surface area contributed by atoms with Gasteiger partial charge in [-0.1, -0.05) is 13.8 Å². The lowest BCUT2D eigenvalue weighted by molar-refractivity contribution is -0.144. The van der Waals surface area contributed by atoms with Crippen LogP contribution in [0.1, 0.15) is 26.7 Å². The van der Waals surface area contributed by atoms with Crippen molar-refractivity contribution >= 4 is 12.3 Å². The minimum absolute atomic E-state index is 0.127. The van der Waals surface area contributed by atoms with E-state index in [2.05, 4.69) is 0 Å². The van der Waals surface area contributed by atoms with Crippen LogP contribution in [0.25, 0.3) is 0 Å². The Bertz CT molecular complexity index is 129. The van der Waals surface area contributed by atoms with Crippen LogP contribution >= 0.6 is 0 Å². The summed E-state index contributed by atoms with van der Waals surface area (Å²) in [6.45, 7) is 4.52. The Kier molecular flexibility index (Phi) is 5.43. The van der Waals surface area contributed by atoms with Gasteiger partial charge in [-0.2, -0.15) is 0 Å². The summed E-state index contributed by atoms with van der Waals surface area (Å²) in [5, 5.41) is 0. The van der Waals surface area contributed by atoms with Gasteiger partial charge in [0.25, 0.3) is 0 Å². The monoisotopic (exact) mass is 158 g/mol. The Labute approximate surface area is 66.7 Å². The SMILES string of the molecule is CC(C)CCOC(=O)CC=O. The van der Waals surface area contributed by atoms with Crippen LogP contribution in [0, 0.1) is 5.92 Å². The molecule has 11 heavy (non-hydrogen) atoms. The Balaban J connectivity index is 3.24. The second kappa shape index (κ2) is 5.89. The number of esters is 1. The molecular formula is C8H14O3. The van der Waals surface area contributed by atoms with Crippen molar-refractivity contribution in [3.63, 3.8) is 0 Å². The molecule has 0 radical (unpaired) electrons. The van der Waals surface area contributed by atoms with Gasteiger partial charge in [0, 0.05) is 0 Å². The van der Waals surface area contributed by atoms with E-state index < -0.39 is 5.97 Å². The smallest absolute Gasteiger partial charge is 0.313 e. The number of carbonyl (C=O) groups is 2. The average molecular weight is 158 g/mol. The van der Waals surface area contributed by atoms with Gasteiger partial charge in [-0.15, -0.1) is 0 Å². The molecule has 0 saturated carbocycles. The predicted molar refractivity (Wildman–Crippen MR) is 41.1 cm³/mol. The third-order valence-electron chi connectivity index (χ3n) is 1.21. The molecule has 0 aromatic carbocycles. The minimum atomic E-state index is -0.430. The lowest BCUT2D eigenvalue weighted by Gasteiger charge is -2.04. The van der Waals surface area contributed by atoms with Crippen molar-refractivity contribution in [2.24, 2.45) is 5.92 Å². The maximum atomic E-state index is 10.6. The molecule has 0 fully saturated rings. The van der Waals surface area contributed by atoms with E-state index in [0.717, 1.165) is 6.42 Å². The summed E-state index contributed by atoms with van der Waals surface area (Å²) in [5.41, 5.74) is 0. The maximum Gasteiger partial charge on any atom is 0.313 e. The first-order chi connectivity index (χ1) is 5.16. The molecule has 0 heterocycles. The van der Waals surface area contributed by atoms with E-state index in [1.54, 1.807) is 0 Å². The standard InChI is InChI=1S/C8H14O3/c1-7(2)4-6-11-8(10)3-5-9/h5,7H,3-4,6H2,1-2H3. The third-order valence-corrected chi connectivity index (χ3v) is 1.21. The quantitative estimate of drug-likeness (QED) is 0.342. The second-order valence-electron chi connectivity index (χ2n) is 2.77. The molecule has 0 rings (SSSR count). The molecule has 0 atom stereocenters. The van der Waals surface area contributed by atoms with E-state index in [4.69, 9.17) is 4.74 Å².